The molecule has 5 heteroatoms. The van der Waals surface area contributed by atoms with Gasteiger partial charge in [-0.2, -0.15) is 0 Å². The van der Waals surface area contributed by atoms with E-state index in [2.05, 4.69) is 18.6 Å². The van der Waals surface area contributed by atoms with Gasteiger partial charge in [-0.3, -0.25) is 9.59 Å². The first-order valence-corrected chi connectivity index (χ1v) is 6.19. The van der Waals surface area contributed by atoms with Gasteiger partial charge >= 0.3 is 5.97 Å². The van der Waals surface area contributed by atoms with E-state index >= 15 is 0 Å². The molecule has 0 radical (unpaired) electrons. The first-order chi connectivity index (χ1) is 8.42. The Hall–Kier alpha value is -1.10. The van der Waals surface area contributed by atoms with Crippen LogP contribution in [0.25, 0.3) is 0 Å². The minimum absolute atomic E-state index is 0.211. The van der Waals surface area contributed by atoms with E-state index in [1.807, 2.05) is 0 Å². The van der Waals surface area contributed by atoms with Crippen LogP contribution >= 0.6 is 0 Å². The summed E-state index contributed by atoms with van der Waals surface area (Å²) in [7, 11) is 1.00. The van der Waals surface area contributed by atoms with Gasteiger partial charge in [0, 0.05) is 21.0 Å². The minimum Gasteiger partial charge on any atom is -0.481 e. The largest absolute Gasteiger partial charge is 0.481 e. The van der Waals surface area contributed by atoms with Gasteiger partial charge in [-0.15, -0.1) is 0 Å². The summed E-state index contributed by atoms with van der Waals surface area (Å²) in [5.41, 5.74) is 0. The van der Waals surface area contributed by atoms with E-state index in [9.17, 15) is 4.79 Å². The summed E-state index contributed by atoms with van der Waals surface area (Å²) in [4.78, 5) is 18.8. The number of rotatable bonds is 4. The molecule has 0 aliphatic carbocycles. The lowest BCUT2D eigenvalue weighted by atomic mass is 10.2. The molecule has 0 aromatic rings. The van der Waals surface area contributed by atoms with E-state index in [0.29, 0.717) is 6.61 Å². The molecule has 0 aliphatic heterocycles. The highest BCUT2D eigenvalue weighted by Crippen LogP contribution is 1.95. The molecule has 0 rings (SSSR count). The Morgan fingerprint density at radius 2 is 1.22 bits per heavy atom. The molecule has 2 N–H and O–H groups in total. The van der Waals surface area contributed by atoms with Crippen molar-refractivity contribution in [3.05, 3.63) is 0 Å². The molecule has 18 heavy (non-hydrogen) atoms. The molecule has 0 aromatic heterocycles. The Bertz CT molecular complexity index is 149. The topological polar surface area (TPSA) is 83.8 Å². The van der Waals surface area contributed by atoms with Crippen molar-refractivity contribution in [2.45, 2.75) is 60.3 Å². The molecule has 0 spiro atoms. The Balaban J connectivity index is -0.0000000777. The Morgan fingerprint density at radius 3 is 1.28 bits per heavy atom. The monoisotopic (exact) mass is 266 g/mol. The number of carboxylic acid groups (broad SMARTS) is 1. The van der Waals surface area contributed by atoms with Crippen molar-refractivity contribution in [2.75, 3.05) is 13.7 Å². The zero-order valence-electron chi connectivity index (χ0n) is 12.7. The molecular weight excluding hydrogens is 236 g/mol. The van der Waals surface area contributed by atoms with Crippen molar-refractivity contribution >= 4 is 11.9 Å². The third-order valence-corrected chi connectivity index (χ3v) is 1.30. The first kappa shape index (κ1) is 25.7. The quantitative estimate of drug-likeness (QED) is 0.604. The van der Waals surface area contributed by atoms with Crippen LogP contribution in [0.1, 0.15) is 60.3 Å². The van der Waals surface area contributed by atoms with Crippen LogP contribution in [0.3, 0.4) is 0 Å². The number of hydrogen-bond acceptors (Lipinski definition) is 4. The lowest BCUT2D eigenvalue weighted by molar-refractivity contribution is -0.140. The third kappa shape index (κ3) is 120. The third-order valence-electron chi connectivity index (χ3n) is 1.30. The molecule has 0 unspecified atom stereocenters. The molecule has 0 bridgehead atoms. The number of aliphatic hydroxyl groups is 1. The van der Waals surface area contributed by atoms with Crippen molar-refractivity contribution < 1.29 is 24.5 Å². The summed E-state index contributed by atoms with van der Waals surface area (Å²) >= 11 is 0. The lowest BCUT2D eigenvalue weighted by Gasteiger charge is -1.89. The summed E-state index contributed by atoms with van der Waals surface area (Å²) in [6.45, 7) is 9.20. The molecule has 0 aliphatic rings. The zero-order chi connectivity index (χ0) is 15.4. The van der Waals surface area contributed by atoms with Crippen LogP contribution in [0.2, 0.25) is 0 Å². The number of aliphatic hydroxyl groups excluding tert-OH is 1. The predicted octanol–water partition coefficient (Wildman–Crippen LogP) is 2.86. The highest BCUT2D eigenvalue weighted by molar-refractivity contribution is 5.65. The fourth-order valence-electron chi connectivity index (χ4n) is 0.703. The molecular formula is C13H30O5. The van der Waals surface area contributed by atoms with Gasteiger partial charge < -0.3 is 14.9 Å². The average molecular weight is 266 g/mol. The summed E-state index contributed by atoms with van der Waals surface area (Å²) in [5.74, 6) is -1.04. The number of aliphatic carboxylic acids is 1. The highest BCUT2D eigenvalue weighted by atomic mass is 16.5. The van der Waals surface area contributed by atoms with Gasteiger partial charge in [0.2, 0.25) is 0 Å². The maximum atomic E-state index is 9.82. The van der Waals surface area contributed by atoms with Gasteiger partial charge in [0.05, 0.1) is 6.61 Å². The van der Waals surface area contributed by atoms with E-state index in [0.717, 1.165) is 14.0 Å². The highest BCUT2D eigenvalue weighted by Gasteiger charge is 1.81. The first-order valence-electron chi connectivity index (χ1n) is 6.19. The molecule has 112 valence electrons. The van der Waals surface area contributed by atoms with Crippen molar-refractivity contribution in [2.24, 2.45) is 0 Å². The number of hydrogen-bond donors (Lipinski definition) is 2. The van der Waals surface area contributed by atoms with Crippen LogP contribution in [-0.4, -0.2) is 35.9 Å². The molecule has 0 amide bonds. The van der Waals surface area contributed by atoms with Crippen LogP contribution in [0.5, 0.6) is 0 Å². The molecule has 0 atom stereocenters. The summed E-state index contributed by atoms with van der Waals surface area (Å²) in [6, 6.07) is 0. The summed E-state index contributed by atoms with van der Waals surface area (Å²) < 4.78 is 4.40. The predicted molar refractivity (Wildman–Crippen MR) is 73.6 cm³/mol. The van der Waals surface area contributed by atoms with Crippen molar-refractivity contribution in [1.29, 1.82) is 0 Å². The Morgan fingerprint density at radius 1 is 0.944 bits per heavy atom. The normalized spacial score (nSPS) is 7.28. The van der Waals surface area contributed by atoms with Gasteiger partial charge in [-0.1, -0.05) is 39.5 Å². The van der Waals surface area contributed by atoms with Crippen LogP contribution in [-0.2, 0) is 14.3 Å². The standard InChI is InChI=1S/C6H14.C4H8O2.C2H4O2.CH4O/c1-3-5-6-4-2;1-3-6-4(2)5;1-2(3)4;1-2/h3-6H2,1-2H3;3H2,1-2H3;1H3,(H,3,4);2H,1H3. The van der Waals surface area contributed by atoms with Gasteiger partial charge in [0.15, 0.2) is 0 Å². The van der Waals surface area contributed by atoms with Crippen molar-refractivity contribution in [1.82, 2.24) is 0 Å². The summed E-state index contributed by atoms with van der Waals surface area (Å²) in [6.07, 6.45) is 5.54. The number of ether oxygens (including phenoxy) is 1. The number of carboxylic acids is 1. The lowest BCUT2D eigenvalue weighted by Crippen LogP contribution is -1.95. The van der Waals surface area contributed by atoms with Crippen molar-refractivity contribution in [3.8, 4) is 0 Å². The molecule has 0 aromatic carbocycles. The molecule has 0 heterocycles. The maximum Gasteiger partial charge on any atom is 0.302 e. The smallest absolute Gasteiger partial charge is 0.302 e. The van der Waals surface area contributed by atoms with E-state index in [1.54, 1.807) is 6.92 Å². The number of carbonyl (C=O) groups is 2. The minimum atomic E-state index is -0.833. The van der Waals surface area contributed by atoms with Gasteiger partial charge in [0.1, 0.15) is 0 Å². The second kappa shape index (κ2) is 29.7. The van der Waals surface area contributed by atoms with Crippen molar-refractivity contribution in [3.63, 3.8) is 0 Å². The second-order valence-electron chi connectivity index (χ2n) is 3.15. The van der Waals surface area contributed by atoms with Gasteiger partial charge in [0.25, 0.3) is 5.97 Å². The number of carbonyl (C=O) groups excluding carboxylic acids is 1. The van der Waals surface area contributed by atoms with Gasteiger partial charge in [-0.25, -0.2) is 0 Å². The van der Waals surface area contributed by atoms with Gasteiger partial charge in [-0.05, 0) is 6.92 Å². The number of esters is 1. The fraction of sp³-hybridized carbons (Fsp3) is 0.846. The molecule has 0 saturated heterocycles. The fourth-order valence-corrected chi connectivity index (χ4v) is 0.703. The SMILES string of the molecule is CC(=O)O.CCCCCC.CCOC(C)=O.CO. The Kier molecular flexibility index (Phi) is 42.4. The van der Waals surface area contributed by atoms with Crippen LogP contribution in [0.15, 0.2) is 0 Å². The second-order valence-corrected chi connectivity index (χ2v) is 3.15. The summed E-state index contributed by atoms with van der Waals surface area (Å²) in [5, 5.41) is 14.4. The maximum absolute atomic E-state index is 9.82. The molecule has 0 fully saturated rings. The van der Waals surface area contributed by atoms with E-state index < -0.39 is 5.97 Å². The van der Waals surface area contributed by atoms with Crippen LogP contribution in [0.4, 0.5) is 0 Å². The molecule has 5 nitrogen and oxygen atoms in total. The van der Waals surface area contributed by atoms with E-state index in [1.165, 1.54) is 32.6 Å². The zero-order valence-corrected chi connectivity index (χ0v) is 12.7. The average Bonchev–Trinajstić information content (AvgIpc) is 2.29. The Labute approximate surface area is 111 Å². The number of unbranched alkanes of at least 4 members (excludes halogenated alkanes) is 3. The van der Waals surface area contributed by atoms with E-state index in [4.69, 9.17) is 15.0 Å². The van der Waals surface area contributed by atoms with Crippen LogP contribution in [0, 0.1) is 0 Å². The molecule has 0 saturated carbocycles. The van der Waals surface area contributed by atoms with Crippen LogP contribution < -0.4 is 0 Å². The van der Waals surface area contributed by atoms with E-state index in [-0.39, 0.29) is 5.97 Å².